The molecule has 202 valence electrons. The van der Waals surface area contributed by atoms with Gasteiger partial charge in [-0.2, -0.15) is 0 Å². The molecule has 0 fully saturated rings. The molecule has 7 nitrogen and oxygen atoms in total. The normalized spacial score (nSPS) is 11.0. The molecule has 0 saturated heterocycles. The first kappa shape index (κ1) is 26.1. The van der Waals surface area contributed by atoms with Gasteiger partial charge in [-0.05, 0) is 72.1 Å². The number of fused-ring (bicyclic) bond motifs is 1. The van der Waals surface area contributed by atoms with Crippen molar-refractivity contribution in [1.82, 2.24) is 10.1 Å². The molecule has 0 aliphatic carbocycles. The second-order valence-corrected chi connectivity index (χ2v) is 10.5. The lowest BCUT2D eigenvalue weighted by Gasteiger charge is -2.08. The minimum atomic E-state index is -0.518. The minimum absolute atomic E-state index is 0.0816. The van der Waals surface area contributed by atoms with E-state index in [1.165, 1.54) is 12.1 Å². The van der Waals surface area contributed by atoms with Crippen LogP contribution in [0.3, 0.4) is 0 Å². The monoisotopic (exact) mass is 562 g/mol. The zero-order valence-corrected chi connectivity index (χ0v) is 22.9. The van der Waals surface area contributed by atoms with Crippen LogP contribution < -0.4 is 10.6 Å². The first-order valence-corrected chi connectivity index (χ1v) is 13.6. The van der Waals surface area contributed by atoms with Crippen LogP contribution in [-0.4, -0.2) is 22.0 Å². The zero-order chi connectivity index (χ0) is 28.5. The Hall–Kier alpha value is -5.15. The second kappa shape index (κ2) is 10.8. The molecule has 6 aromatic rings. The minimum Gasteiger partial charge on any atom is -0.355 e. The second-order valence-electron chi connectivity index (χ2n) is 9.51. The van der Waals surface area contributed by atoms with Crippen LogP contribution in [-0.2, 0) is 0 Å². The van der Waals surface area contributed by atoms with Gasteiger partial charge in [-0.1, -0.05) is 65.0 Å². The Balaban J connectivity index is 1.29. The Morgan fingerprint density at radius 1 is 0.805 bits per heavy atom. The molecule has 41 heavy (non-hydrogen) atoms. The fourth-order valence-electron chi connectivity index (χ4n) is 4.43. The third-order valence-corrected chi connectivity index (χ3v) is 7.65. The molecular weight excluding hydrogens is 539 g/mol. The van der Waals surface area contributed by atoms with Gasteiger partial charge in [0, 0.05) is 22.8 Å². The van der Waals surface area contributed by atoms with Gasteiger partial charge in [-0.3, -0.25) is 14.9 Å². The van der Waals surface area contributed by atoms with Crippen molar-refractivity contribution in [2.45, 2.75) is 13.8 Å². The van der Waals surface area contributed by atoms with E-state index in [1.807, 2.05) is 68.4 Å². The van der Waals surface area contributed by atoms with Crippen molar-refractivity contribution in [3.63, 3.8) is 0 Å². The highest BCUT2D eigenvalue weighted by molar-refractivity contribution is 7.20. The molecule has 0 aliphatic rings. The van der Waals surface area contributed by atoms with Crippen LogP contribution in [0.15, 0.2) is 95.5 Å². The number of aromatic nitrogens is 2. The lowest BCUT2D eigenvalue weighted by atomic mass is 10.0. The fourth-order valence-corrected chi connectivity index (χ4v) is 5.31. The number of thiazole rings is 1. The number of hydrogen-bond donors (Lipinski definition) is 2. The van der Waals surface area contributed by atoms with E-state index in [2.05, 4.69) is 20.8 Å². The molecule has 0 bridgehead atoms. The van der Waals surface area contributed by atoms with Crippen molar-refractivity contribution in [2.24, 2.45) is 0 Å². The number of rotatable bonds is 6. The first-order valence-electron chi connectivity index (χ1n) is 12.8. The van der Waals surface area contributed by atoms with Gasteiger partial charge >= 0.3 is 0 Å². The highest BCUT2D eigenvalue weighted by Crippen LogP contribution is 2.37. The predicted octanol–water partition coefficient (Wildman–Crippen LogP) is 7.88. The highest BCUT2D eigenvalue weighted by Gasteiger charge is 2.21. The largest absolute Gasteiger partial charge is 0.355 e. The van der Waals surface area contributed by atoms with Gasteiger partial charge in [-0.25, -0.2) is 9.37 Å². The average Bonchev–Trinajstić information content (AvgIpc) is 3.62. The predicted molar refractivity (Wildman–Crippen MR) is 159 cm³/mol. The summed E-state index contributed by atoms with van der Waals surface area (Å²) in [4.78, 5) is 31.0. The van der Waals surface area contributed by atoms with Crippen LogP contribution in [0, 0.1) is 19.7 Å². The number of benzene rings is 4. The molecule has 2 amide bonds. The Labute approximate surface area is 238 Å². The number of nitrogens with one attached hydrogen (secondary N) is 2. The van der Waals surface area contributed by atoms with Crippen molar-refractivity contribution < 1.29 is 18.5 Å². The van der Waals surface area contributed by atoms with Crippen LogP contribution in [0.5, 0.6) is 0 Å². The Morgan fingerprint density at radius 2 is 1.56 bits per heavy atom. The molecular formula is C32H23FN4O3S. The number of anilines is 2. The van der Waals surface area contributed by atoms with E-state index in [4.69, 9.17) is 4.52 Å². The summed E-state index contributed by atoms with van der Waals surface area (Å²) in [6.45, 7) is 4.02. The van der Waals surface area contributed by atoms with E-state index >= 15 is 0 Å². The van der Waals surface area contributed by atoms with Crippen LogP contribution in [0.1, 0.15) is 32.0 Å². The van der Waals surface area contributed by atoms with Crippen LogP contribution in [0.2, 0.25) is 0 Å². The van der Waals surface area contributed by atoms with Crippen molar-refractivity contribution >= 4 is 44.1 Å². The Kier molecular flexibility index (Phi) is 6.86. The average molecular weight is 563 g/mol. The molecule has 4 aromatic carbocycles. The summed E-state index contributed by atoms with van der Waals surface area (Å²) >= 11 is 1.09. The SMILES string of the molecule is Cc1ccc(-c2cc(C(=O)Nc3nc(-c4ccc(F)cc4)c(NC(=O)c4cccc5ccccc45)s3)no2)cc1C. The van der Waals surface area contributed by atoms with Gasteiger partial charge in [0.1, 0.15) is 16.5 Å². The maximum absolute atomic E-state index is 13.7. The first-order chi connectivity index (χ1) is 19.9. The van der Waals surface area contributed by atoms with Crippen LogP contribution in [0.25, 0.3) is 33.4 Å². The molecule has 0 radical (unpaired) electrons. The molecule has 0 saturated carbocycles. The van der Waals surface area contributed by atoms with E-state index in [9.17, 15) is 14.0 Å². The van der Waals surface area contributed by atoms with Gasteiger partial charge in [0.25, 0.3) is 11.8 Å². The van der Waals surface area contributed by atoms with Gasteiger partial charge in [-0.15, -0.1) is 0 Å². The van der Waals surface area contributed by atoms with E-state index in [0.29, 0.717) is 27.6 Å². The number of hydrogen-bond acceptors (Lipinski definition) is 6. The summed E-state index contributed by atoms with van der Waals surface area (Å²) in [7, 11) is 0. The molecule has 0 aliphatic heterocycles. The molecule has 0 atom stereocenters. The highest BCUT2D eigenvalue weighted by atomic mass is 32.1. The van der Waals surface area contributed by atoms with Gasteiger partial charge in [0.2, 0.25) is 0 Å². The van der Waals surface area contributed by atoms with Crippen LogP contribution >= 0.6 is 11.3 Å². The lowest BCUT2D eigenvalue weighted by molar-refractivity contribution is 0.101. The summed E-state index contributed by atoms with van der Waals surface area (Å²) < 4.78 is 19.1. The van der Waals surface area contributed by atoms with E-state index in [-0.39, 0.29) is 16.7 Å². The zero-order valence-electron chi connectivity index (χ0n) is 22.1. The summed E-state index contributed by atoms with van der Waals surface area (Å²) in [5.41, 5.74) is 4.61. The van der Waals surface area contributed by atoms with E-state index in [1.54, 1.807) is 24.3 Å². The molecule has 6 rings (SSSR count). The fraction of sp³-hybridized carbons (Fsp3) is 0.0625. The van der Waals surface area contributed by atoms with Crippen molar-refractivity contribution in [3.05, 3.63) is 119 Å². The number of carbonyl (C=O) groups excluding carboxylic acids is 2. The smallest absolute Gasteiger partial charge is 0.279 e. The van der Waals surface area contributed by atoms with Crippen molar-refractivity contribution in [1.29, 1.82) is 0 Å². The third-order valence-electron chi connectivity index (χ3n) is 6.76. The Bertz CT molecular complexity index is 1920. The van der Waals surface area contributed by atoms with E-state index < -0.39 is 11.7 Å². The molecule has 2 aromatic heterocycles. The molecule has 0 spiro atoms. The topological polar surface area (TPSA) is 97.1 Å². The maximum atomic E-state index is 13.7. The number of aryl methyl sites for hydroxylation is 2. The molecule has 2 heterocycles. The van der Waals surface area contributed by atoms with Crippen LogP contribution in [0.4, 0.5) is 14.5 Å². The van der Waals surface area contributed by atoms with Crippen molar-refractivity contribution in [2.75, 3.05) is 10.6 Å². The number of amides is 2. The molecule has 0 unspecified atom stereocenters. The number of halogens is 1. The maximum Gasteiger partial charge on any atom is 0.279 e. The Morgan fingerprint density at radius 3 is 2.37 bits per heavy atom. The summed E-state index contributed by atoms with van der Waals surface area (Å²) in [5.74, 6) is -0.784. The number of carbonyl (C=O) groups is 2. The standard InChI is InChI=1S/C32H23FN4O3S/c1-18-10-11-22(16-19(18)2)27-17-26(37-40-27)30(39)36-32-34-28(21-12-14-23(33)15-13-21)31(41-32)35-29(38)25-9-5-7-20-6-3-4-8-24(20)25/h3-17H,1-2H3,(H,35,38)(H,34,36,39). The van der Waals surface area contributed by atoms with E-state index in [0.717, 1.165) is 38.8 Å². The summed E-state index contributed by atoms with van der Waals surface area (Å²) in [6, 6.07) is 26.3. The van der Waals surface area contributed by atoms with Gasteiger partial charge in [0.05, 0.1) is 0 Å². The summed E-state index contributed by atoms with van der Waals surface area (Å²) in [5, 5.41) is 12.0. The van der Waals surface area contributed by atoms with Crippen molar-refractivity contribution in [3.8, 4) is 22.6 Å². The summed E-state index contributed by atoms with van der Waals surface area (Å²) in [6.07, 6.45) is 0. The lowest BCUT2D eigenvalue weighted by Crippen LogP contribution is -2.12. The van der Waals surface area contributed by atoms with Gasteiger partial charge < -0.3 is 9.84 Å². The van der Waals surface area contributed by atoms with Gasteiger partial charge in [0.15, 0.2) is 16.6 Å². The third kappa shape index (κ3) is 5.35. The quantitative estimate of drug-likeness (QED) is 0.215. The molecule has 2 N–H and O–H groups in total. The molecule has 9 heteroatoms. The number of nitrogens with zero attached hydrogens (tertiary/aromatic N) is 2.